The van der Waals surface area contributed by atoms with Gasteiger partial charge in [0.05, 0.1) is 6.54 Å². The van der Waals surface area contributed by atoms with Crippen LogP contribution in [0.5, 0.6) is 0 Å². The standard InChI is InChI=1S/C12H13ClN2/c1-10-8-11(4-5-12(10)13)9-14-15-6-2-3-7-15/h2-8,14H,9H2,1H3. The van der Waals surface area contributed by atoms with E-state index >= 15 is 0 Å². The van der Waals surface area contributed by atoms with Crippen LogP contribution in [0, 0.1) is 6.92 Å². The summed E-state index contributed by atoms with van der Waals surface area (Å²) in [4.78, 5) is 0. The molecule has 3 heteroatoms. The predicted octanol–water partition coefficient (Wildman–Crippen LogP) is 3.19. The molecule has 15 heavy (non-hydrogen) atoms. The largest absolute Gasteiger partial charge is 0.322 e. The SMILES string of the molecule is Cc1cc(CNn2cccc2)ccc1Cl. The monoisotopic (exact) mass is 220 g/mol. The van der Waals surface area contributed by atoms with Gasteiger partial charge in [-0.2, -0.15) is 0 Å². The van der Waals surface area contributed by atoms with Gasteiger partial charge in [-0.15, -0.1) is 0 Å². The zero-order chi connectivity index (χ0) is 10.7. The fourth-order valence-electron chi connectivity index (χ4n) is 1.44. The Kier molecular flexibility index (Phi) is 2.97. The molecular formula is C12H13ClN2. The van der Waals surface area contributed by atoms with Crippen molar-refractivity contribution in [3.63, 3.8) is 0 Å². The van der Waals surface area contributed by atoms with Crippen LogP contribution in [0.1, 0.15) is 11.1 Å². The van der Waals surface area contributed by atoms with Gasteiger partial charge >= 0.3 is 0 Å². The normalized spacial score (nSPS) is 10.3. The number of aromatic nitrogens is 1. The first-order chi connectivity index (χ1) is 7.25. The highest BCUT2D eigenvalue weighted by molar-refractivity contribution is 6.31. The summed E-state index contributed by atoms with van der Waals surface area (Å²) < 4.78 is 1.93. The number of halogens is 1. The molecule has 78 valence electrons. The van der Waals surface area contributed by atoms with Crippen molar-refractivity contribution in [2.45, 2.75) is 13.5 Å². The summed E-state index contributed by atoms with van der Waals surface area (Å²) in [6, 6.07) is 10.0. The molecule has 0 atom stereocenters. The lowest BCUT2D eigenvalue weighted by Crippen LogP contribution is -2.11. The molecule has 0 spiro atoms. The minimum Gasteiger partial charge on any atom is -0.322 e. The van der Waals surface area contributed by atoms with Gasteiger partial charge < -0.3 is 5.43 Å². The van der Waals surface area contributed by atoms with Crippen molar-refractivity contribution in [3.05, 3.63) is 58.9 Å². The third-order valence-corrected chi connectivity index (χ3v) is 2.72. The molecule has 0 aliphatic carbocycles. The Morgan fingerprint density at radius 3 is 2.67 bits per heavy atom. The Morgan fingerprint density at radius 2 is 2.00 bits per heavy atom. The summed E-state index contributed by atoms with van der Waals surface area (Å²) in [5, 5.41) is 0.819. The lowest BCUT2D eigenvalue weighted by molar-refractivity contribution is 0.846. The van der Waals surface area contributed by atoms with Gasteiger partial charge in [0.2, 0.25) is 0 Å². The Hall–Kier alpha value is -1.41. The first-order valence-corrected chi connectivity index (χ1v) is 5.25. The van der Waals surface area contributed by atoms with Gasteiger partial charge in [-0.3, -0.25) is 4.68 Å². The van der Waals surface area contributed by atoms with Gasteiger partial charge in [0.25, 0.3) is 0 Å². The van der Waals surface area contributed by atoms with E-state index in [9.17, 15) is 0 Å². The first-order valence-electron chi connectivity index (χ1n) is 4.87. The predicted molar refractivity (Wildman–Crippen MR) is 63.7 cm³/mol. The molecule has 0 aliphatic rings. The quantitative estimate of drug-likeness (QED) is 0.841. The fraction of sp³-hybridized carbons (Fsp3) is 0.167. The van der Waals surface area contributed by atoms with Gasteiger partial charge in [-0.05, 0) is 36.2 Å². The number of aryl methyl sites for hydroxylation is 1. The summed E-state index contributed by atoms with van der Waals surface area (Å²) in [5.74, 6) is 0. The lowest BCUT2D eigenvalue weighted by atomic mass is 10.1. The van der Waals surface area contributed by atoms with Crippen LogP contribution in [0.2, 0.25) is 5.02 Å². The second-order valence-electron chi connectivity index (χ2n) is 3.51. The summed E-state index contributed by atoms with van der Waals surface area (Å²) in [6.07, 6.45) is 3.95. The number of benzene rings is 1. The van der Waals surface area contributed by atoms with E-state index in [2.05, 4.69) is 11.5 Å². The van der Waals surface area contributed by atoms with Crippen LogP contribution in [0.3, 0.4) is 0 Å². The molecule has 1 N–H and O–H groups in total. The van der Waals surface area contributed by atoms with Gasteiger partial charge in [0.1, 0.15) is 0 Å². The van der Waals surface area contributed by atoms with Crippen LogP contribution in [0.25, 0.3) is 0 Å². The maximum absolute atomic E-state index is 5.95. The van der Waals surface area contributed by atoms with Crippen molar-refractivity contribution >= 4 is 11.6 Å². The minimum atomic E-state index is 0.798. The Bertz CT molecular complexity index is 435. The first kappa shape index (κ1) is 10.1. The van der Waals surface area contributed by atoms with Crippen molar-refractivity contribution < 1.29 is 0 Å². The van der Waals surface area contributed by atoms with Crippen LogP contribution < -0.4 is 5.43 Å². The number of hydrogen-bond donors (Lipinski definition) is 1. The van der Waals surface area contributed by atoms with Gasteiger partial charge in [0.15, 0.2) is 0 Å². The molecule has 2 rings (SSSR count). The van der Waals surface area contributed by atoms with Gasteiger partial charge in [0, 0.05) is 17.4 Å². The Labute approximate surface area is 94.5 Å². The molecule has 2 aromatic rings. The van der Waals surface area contributed by atoms with E-state index < -0.39 is 0 Å². The average Bonchev–Trinajstić information content (AvgIpc) is 2.73. The average molecular weight is 221 g/mol. The molecule has 1 aromatic heterocycles. The van der Waals surface area contributed by atoms with E-state index in [0.717, 1.165) is 17.1 Å². The van der Waals surface area contributed by atoms with Crippen LogP contribution in [0.4, 0.5) is 0 Å². The molecule has 1 aromatic carbocycles. The topological polar surface area (TPSA) is 17.0 Å². The minimum absolute atomic E-state index is 0.798. The van der Waals surface area contributed by atoms with E-state index in [4.69, 9.17) is 11.6 Å². The third kappa shape index (κ3) is 2.54. The Balaban J connectivity index is 2.02. The molecular weight excluding hydrogens is 208 g/mol. The molecule has 0 radical (unpaired) electrons. The van der Waals surface area contributed by atoms with Crippen molar-refractivity contribution in [1.82, 2.24) is 4.68 Å². The molecule has 0 saturated heterocycles. The zero-order valence-electron chi connectivity index (χ0n) is 8.57. The maximum Gasteiger partial charge on any atom is 0.0564 e. The summed E-state index contributed by atoms with van der Waals surface area (Å²) in [5.41, 5.74) is 5.60. The smallest absolute Gasteiger partial charge is 0.0564 e. The van der Waals surface area contributed by atoms with E-state index in [1.54, 1.807) is 0 Å². The lowest BCUT2D eigenvalue weighted by Gasteiger charge is -2.08. The highest BCUT2D eigenvalue weighted by atomic mass is 35.5. The summed E-state index contributed by atoms with van der Waals surface area (Å²) in [7, 11) is 0. The molecule has 1 heterocycles. The van der Waals surface area contributed by atoms with E-state index in [1.807, 2.05) is 48.3 Å². The molecule has 0 aliphatic heterocycles. The van der Waals surface area contributed by atoms with Crippen LogP contribution >= 0.6 is 11.6 Å². The Morgan fingerprint density at radius 1 is 1.27 bits per heavy atom. The van der Waals surface area contributed by atoms with Crippen molar-refractivity contribution in [3.8, 4) is 0 Å². The van der Waals surface area contributed by atoms with Crippen molar-refractivity contribution in [2.75, 3.05) is 5.43 Å². The van der Waals surface area contributed by atoms with Crippen molar-refractivity contribution in [2.24, 2.45) is 0 Å². The van der Waals surface area contributed by atoms with E-state index in [0.29, 0.717) is 0 Å². The van der Waals surface area contributed by atoms with Crippen LogP contribution in [-0.2, 0) is 6.54 Å². The summed E-state index contributed by atoms with van der Waals surface area (Å²) >= 11 is 5.95. The highest BCUT2D eigenvalue weighted by Gasteiger charge is 1.97. The number of rotatable bonds is 3. The number of nitrogens with one attached hydrogen (secondary N) is 1. The highest BCUT2D eigenvalue weighted by Crippen LogP contribution is 2.16. The zero-order valence-corrected chi connectivity index (χ0v) is 9.33. The van der Waals surface area contributed by atoms with Crippen molar-refractivity contribution in [1.29, 1.82) is 0 Å². The number of hydrogen-bond acceptors (Lipinski definition) is 1. The second-order valence-corrected chi connectivity index (χ2v) is 3.92. The van der Waals surface area contributed by atoms with Gasteiger partial charge in [-0.1, -0.05) is 23.7 Å². The second kappa shape index (κ2) is 4.41. The summed E-state index contributed by atoms with van der Waals surface area (Å²) in [6.45, 7) is 2.81. The molecule has 2 nitrogen and oxygen atoms in total. The molecule has 0 unspecified atom stereocenters. The molecule has 0 amide bonds. The van der Waals surface area contributed by atoms with E-state index in [1.165, 1.54) is 5.56 Å². The van der Waals surface area contributed by atoms with Crippen LogP contribution in [-0.4, -0.2) is 4.68 Å². The molecule has 0 fully saturated rings. The maximum atomic E-state index is 5.95. The number of nitrogens with zero attached hydrogens (tertiary/aromatic N) is 1. The third-order valence-electron chi connectivity index (χ3n) is 2.29. The molecule has 0 saturated carbocycles. The van der Waals surface area contributed by atoms with Crippen LogP contribution in [0.15, 0.2) is 42.7 Å². The van der Waals surface area contributed by atoms with E-state index in [-0.39, 0.29) is 0 Å². The fourth-order valence-corrected chi connectivity index (χ4v) is 1.56. The molecule has 0 bridgehead atoms. The van der Waals surface area contributed by atoms with Gasteiger partial charge in [-0.25, -0.2) is 0 Å².